The Bertz CT molecular complexity index is 561. The van der Waals surface area contributed by atoms with Crippen LogP contribution in [0.3, 0.4) is 0 Å². The average Bonchev–Trinajstić information content (AvgIpc) is 2.46. The van der Waals surface area contributed by atoms with Crippen LogP contribution in [0.15, 0.2) is 59.6 Å². The van der Waals surface area contributed by atoms with Gasteiger partial charge in [-0.1, -0.05) is 42.5 Å². The molecule has 2 aromatic rings. The van der Waals surface area contributed by atoms with Gasteiger partial charge in [0.05, 0.1) is 6.54 Å². The largest absolute Gasteiger partial charge is 0.294 e. The first kappa shape index (κ1) is 13.1. The quantitative estimate of drug-likeness (QED) is 0.592. The van der Waals surface area contributed by atoms with Gasteiger partial charge in [0, 0.05) is 18.2 Å². The normalized spacial score (nSPS) is 10.8. The van der Waals surface area contributed by atoms with Crippen LogP contribution in [0, 0.1) is 5.82 Å². The summed E-state index contributed by atoms with van der Waals surface area (Å²) in [4.78, 5) is 15.9. The lowest BCUT2D eigenvalue weighted by molar-refractivity contribution is 0.100. The van der Waals surface area contributed by atoms with E-state index in [0.717, 1.165) is 5.56 Å². The number of nitrogens with zero attached hydrogens (tertiary/aromatic N) is 1. The number of aliphatic imine (C=N–C) groups is 1. The molecule has 0 aliphatic heterocycles. The first-order chi connectivity index (χ1) is 9.25. The Morgan fingerprint density at radius 2 is 1.74 bits per heavy atom. The monoisotopic (exact) mass is 255 g/mol. The molecule has 0 bridgehead atoms. The highest BCUT2D eigenvalue weighted by molar-refractivity contribution is 6.03. The van der Waals surface area contributed by atoms with Gasteiger partial charge in [-0.3, -0.25) is 9.79 Å². The number of rotatable bonds is 5. The van der Waals surface area contributed by atoms with Crippen LogP contribution in [0.25, 0.3) is 0 Å². The molecule has 0 N–H and O–H groups in total. The van der Waals surface area contributed by atoms with Gasteiger partial charge in [-0.05, 0) is 17.7 Å². The van der Waals surface area contributed by atoms with Crippen molar-refractivity contribution in [3.63, 3.8) is 0 Å². The summed E-state index contributed by atoms with van der Waals surface area (Å²) in [6, 6.07) is 15.3. The van der Waals surface area contributed by atoms with Crippen LogP contribution in [-0.4, -0.2) is 12.0 Å². The summed E-state index contributed by atoms with van der Waals surface area (Å²) in [6.07, 6.45) is 1.89. The van der Waals surface area contributed by atoms with E-state index in [1.165, 1.54) is 12.1 Å². The van der Waals surface area contributed by atoms with Crippen LogP contribution in [0.4, 0.5) is 4.39 Å². The minimum Gasteiger partial charge on any atom is -0.294 e. The lowest BCUT2D eigenvalue weighted by Gasteiger charge is -1.97. The van der Waals surface area contributed by atoms with Crippen molar-refractivity contribution < 1.29 is 9.18 Å². The van der Waals surface area contributed by atoms with Crippen molar-refractivity contribution in [1.29, 1.82) is 0 Å². The summed E-state index contributed by atoms with van der Waals surface area (Å²) >= 11 is 0. The van der Waals surface area contributed by atoms with Crippen molar-refractivity contribution in [1.82, 2.24) is 0 Å². The summed E-state index contributed by atoms with van der Waals surface area (Å²) in [5, 5.41) is 0. The average molecular weight is 255 g/mol. The van der Waals surface area contributed by atoms with Crippen LogP contribution in [0.2, 0.25) is 0 Å². The summed E-state index contributed by atoms with van der Waals surface area (Å²) in [6.45, 7) is 0.461. The summed E-state index contributed by atoms with van der Waals surface area (Å²) < 4.78 is 12.7. The molecular weight excluding hydrogens is 241 g/mol. The van der Waals surface area contributed by atoms with Gasteiger partial charge in [0.15, 0.2) is 5.78 Å². The van der Waals surface area contributed by atoms with Gasteiger partial charge in [0.1, 0.15) is 5.82 Å². The van der Waals surface area contributed by atoms with Crippen LogP contribution in [0.5, 0.6) is 0 Å². The first-order valence-corrected chi connectivity index (χ1v) is 6.06. The minimum absolute atomic E-state index is 0.0449. The maximum Gasteiger partial charge on any atom is 0.168 e. The molecule has 0 fully saturated rings. The van der Waals surface area contributed by atoms with Crippen LogP contribution >= 0.6 is 0 Å². The molecule has 0 aliphatic rings. The van der Waals surface area contributed by atoms with Crippen molar-refractivity contribution in [2.75, 3.05) is 0 Å². The molecule has 0 unspecified atom stereocenters. The maximum atomic E-state index is 12.7. The smallest absolute Gasteiger partial charge is 0.168 e. The number of Topliss-reactive ketones (excluding diaryl/α,β-unsaturated/α-hetero) is 1. The zero-order chi connectivity index (χ0) is 13.5. The highest BCUT2D eigenvalue weighted by Crippen LogP contribution is 2.05. The SMILES string of the molecule is O=C(CC=NCc1ccc(F)cc1)c1ccccc1. The van der Waals surface area contributed by atoms with Gasteiger partial charge in [-0.15, -0.1) is 0 Å². The molecule has 2 rings (SSSR count). The van der Waals surface area contributed by atoms with Crippen molar-refractivity contribution in [3.8, 4) is 0 Å². The molecule has 19 heavy (non-hydrogen) atoms. The fraction of sp³-hybridized carbons (Fsp3) is 0.125. The van der Waals surface area contributed by atoms with Crippen molar-refractivity contribution >= 4 is 12.0 Å². The Morgan fingerprint density at radius 1 is 1.05 bits per heavy atom. The second-order valence-corrected chi connectivity index (χ2v) is 4.14. The number of benzene rings is 2. The summed E-state index contributed by atoms with van der Waals surface area (Å²) in [7, 11) is 0. The van der Waals surface area contributed by atoms with E-state index in [1.807, 2.05) is 18.2 Å². The van der Waals surface area contributed by atoms with Crippen LogP contribution < -0.4 is 0 Å². The van der Waals surface area contributed by atoms with E-state index in [1.54, 1.807) is 30.5 Å². The molecule has 0 heterocycles. The molecule has 2 aromatic carbocycles. The predicted molar refractivity (Wildman–Crippen MR) is 74.0 cm³/mol. The van der Waals surface area contributed by atoms with Gasteiger partial charge in [0.25, 0.3) is 0 Å². The lowest BCUT2D eigenvalue weighted by Crippen LogP contribution is -1.99. The molecule has 96 valence electrons. The van der Waals surface area contributed by atoms with E-state index in [0.29, 0.717) is 12.1 Å². The number of ketones is 1. The number of hydrogen-bond acceptors (Lipinski definition) is 2. The van der Waals surface area contributed by atoms with Gasteiger partial charge in [-0.25, -0.2) is 4.39 Å². The van der Waals surface area contributed by atoms with E-state index in [9.17, 15) is 9.18 Å². The third kappa shape index (κ3) is 4.14. The number of carbonyl (C=O) groups excluding carboxylic acids is 1. The maximum absolute atomic E-state index is 12.7. The molecule has 3 heteroatoms. The molecule has 0 aliphatic carbocycles. The third-order valence-corrected chi connectivity index (χ3v) is 2.69. The Labute approximate surface area is 111 Å². The standard InChI is InChI=1S/C16H14FNO/c17-15-8-6-13(7-9-15)12-18-11-10-16(19)14-4-2-1-3-5-14/h1-9,11H,10,12H2. The fourth-order valence-corrected chi connectivity index (χ4v) is 1.65. The van der Waals surface area contributed by atoms with Crippen LogP contribution in [-0.2, 0) is 6.54 Å². The lowest BCUT2D eigenvalue weighted by atomic mass is 10.1. The molecule has 0 radical (unpaired) electrons. The number of halogens is 1. The van der Waals surface area contributed by atoms with Gasteiger partial charge < -0.3 is 0 Å². The Kier molecular flexibility index (Phi) is 4.56. The van der Waals surface area contributed by atoms with Crippen molar-refractivity contribution in [2.24, 2.45) is 4.99 Å². The highest BCUT2D eigenvalue weighted by atomic mass is 19.1. The predicted octanol–water partition coefficient (Wildman–Crippen LogP) is 3.67. The van der Waals surface area contributed by atoms with E-state index in [-0.39, 0.29) is 18.0 Å². The fourth-order valence-electron chi connectivity index (χ4n) is 1.65. The second kappa shape index (κ2) is 6.59. The van der Waals surface area contributed by atoms with Crippen molar-refractivity contribution in [3.05, 3.63) is 71.5 Å². The van der Waals surface area contributed by atoms with Gasteiger partial charge >= 0.3 is 0 Å². The summed E-state index contributed by atoms with van der Waals surface area (Å²) in [5.74, 6) is -0.213. The van der Waals surface area contributed by atoms with Crippen molar-refractivity contribution in [2.45, 2.75) is 13.0 Å². The zero-order valence-corrected chi connectivity index (χ0v) is 10.4. The van der Waals surface area contributed by atoms with E-state index < -0.39 is 0 Å². The zero-order valence-electron chi connectivity index (χ0n) is 10.4. The molecular formula is C16H14FNO. The Morgan fingerprint density at radius 3 is 2.42 bits per heavy atom. The molecule has 0 amide bonds. The second-order valence-electron chi connectivity index (χ2n) is 4.14. The Balaban J connectivity index is 1.84. The van der Waals surface area contributed by atoms with Gasteiger partial charge in [-0.2, -0.15) is 0 Å². The third-order valence-electron chi connectivity index (χ3n) is 2.69. The molecule has 0 aromatic heterocycles. The molecule has 0 atom stereocenters. The number of hydrogen-bond donors (Lipinski definition) is 0. The molecule has 2 nitrogen and oxygen atoms in total. The first-order valence-electron chi connectivity index (χ1n) is 6.06. The minimum atomic E-state index is -0.257. The van der Waals surface area contributed by atoms with Crippen LogP contribution in [0.1, 0.15) is 22.3 Å². The highest BCUT2D eigenvalue weighted by Gasteiger charge is 2.01. The van der Waals surface area contributed by atoms with Gasteiger partial charge in [0.2, 0.25) is 0 Å². The molecule has 0 saturated heterocycles. The molecule has 0 saturated carbocycles. The summed E-state index contributed by atoms with van der Waals surface area (Å²) in [5.41, 5.74) is 1.61. The van der Waals surface area contributed by atoms with E-state index >= 15 is 0 Å². The number of carbonyl (C=O) groups is 1. The van der Waals surface area contributed by atoms with E-state index in [4.69, 9.17) is 0 Å². The van der Waals surface area contributed by atoms with E-state index in [2.05, 4.69) is 4.99 Å². The topological polar surface area (TPSA) is 29.4 Å². The Hall–Kier alpha value is -2.29. The molecule has 0 spiro atoms.